The van der Waals surface area contributed by atoms with E-state index in [9.17, 15) is 14.4 Å². The van der Waals surface area contributed by atoms with Gasteiger partial charge in [0.2, 0.25) is 5.91 Å². The molecule has 166 valence electrons. The number of para-hydroxylation sites is 1. The SMILES string of the molecule is COC(=O)/C=C1/SCC(=O)N1CCCOC(=O)COc1ccc2oc3ccccc3c2c1. The van der Waals surface area contributed by atoms with Crippen molar-refractivity contribution in [1.82, 2.24) is 4.90 Å². The quantitative estimate of drug-likeness (QED) is 0.289. The molecule has 1 amide bonds. The summed E-state index contributed by atoms with van der Waals surface area (Å²) in [6, 6.07) is 13.1. The van der Waals surface area contributed by atoms with Crippen LogP contribution in [0.25, 0.3) is 21.9 Å². The Balaban J connectivity index is 1.25. The number of carbonyl (C=O) groups excluding carboxylic acids is 3. The molecule has 1 fully saturated rings. The van der Waals surface area contributed by atoms with Gasteiger partial charge in [-0.2, -0.15) is 0 Å². The first-order chi connectivity index (χ1) is 15.5. The van der Waals surface area contributed by atoms with E-state index in [2.05, 4.69) is 4.74 Å². The summed E-state index contributed by atoms with van der Waals surface area (Å²) in [4.78, 5) is 36.9. The third-order valence-corrected chi connectivity index (χ3v) is 5.87. The van der Waals surface area contributed by atoms with E-state index < -0.39 is 11.9 Å². The number of amides is 1. The molecule has 0 bridgehead atoms. The number of fused-ring (bicyclic) bond motifs is 3. The minimum Gasteiger partial charge on any atom is -0.482 e. The summed E-state index contributed by atoms with van der Waals surface area (Å²) in [7, 11) is 1.28. The molecular weight excluding hydrogens is 434 g/mol. The lowest BCUT2D eigenvalue weighted by Crippen LogP contribution is -2.27. The second-order valence-electron chi connectivity index (χ2n) is 6.96. The van der Waals surface area contributed by atoms with Crippen LogP contribution in [0.15, 0.2) is 58.0 Å². The third kappa shape index (κ3) is 4.88. The molecule has 2 aromatic carbocycles. The van der Waals surface area contributed by atoms with Gasteiger partial charge in [-0.25, -0.2) is 9.59 Å². The minimum atomic E-state index is -0.516. The summed E-state index contributed by atoms with van der Waals surface area (Å²) in [5.74, 6) is -0.306. The van der Waals surface area contributed by atoms with Gasteiger partial charge in [0, 0.05) is 17.3 Å². The largest absolute Gasteiger partial charge is 0.482 e. The maximum atomic E-state index is 12.0. The van der Waals surface area contributed by atoms with Gasteiger partial charge in [0.05, 0.1) is 30.6 Å². The van der Waals surface area contributed by atoms with Crippen LogP contribution in [-0.2, 0) is 23.9 Å². The molecule has 0 radical (unpaired) electrons. The fraction of sp³-hybridized carbons (Fsp3) is 0.261. The molecule has 2 heterocycles. The number of hydrogen-bond donors (Lipinski definition) is 0. The molecule has 32 heavy (non-hydrogen) atoms. The first-order valence-corrected chi connectivity index (χ1v) is 11.0. The number of ether oxygens (including phenoxy) is 3. The van der Waals surface area contributed by atoms with Gasteiger partial charge in [0.25, 0.3) is 0 Å². The lowest BCUT2D eigenvalue weighted by Gasteiger charge is -2.16. The first-order valence-electron chi connectivity index (χ1n) is 9.97. The molecule has 0 aliphatic carbocycles. The van der Waals surface area contributed by atoms with E-state index in [1.807, 2.05) is 30.3 Å². The molecule has 8 nitrogen and oxygen atoms in total. The van der Waals surface area contributed by atoms with E-state index >= 15 is 0 Å². The van der Waals surface area contributed by atoms with E-state index in [-0.39, 0.29) is 24.9 Å². The predicted octanol–water partition coefficient (Wildman–Crippen LogP) is 3.49. The Hall–Kier alpha value is -3.46. The molecule has 0 spiro atoms. The minimum absolute atomic E-state index is 0.0954. The third-order valence-electron chi connectivity index (χ3n) is 4.85. The van der Waals surface area contributed by atoms with Crippen LogP contribution < -0.4 is 4.74 Å². The van der Waals surface area contributed by atoms with Crippen LogP contribution in [-0.4, -0.2) is 55.4 Å². The number of rotatable bonds is 8. The number of hydrogen-bond acceptors (Lipinski definition) is 8. The van der Waals surface area contributed by atoms with Crippen molar-refractivity contribution in [3.63, 3.8) is 0 Å². The number of benzene rings is 2. The van der Waals surface area contributed by atoms with E-state index in [1.54, 1.807) is 12.1 Å². The molecule has 3 aromatic rings. The Kier molecular flexibility index (Phi) is 6.65. The number of nitrogens with zero attached hydrogens (tertiary/aromatic N) is 1. The zero-order valence-electron chi connectivity index (χ0n) is 17.4. The van der Waals surface area contributed by atoms with Crippen molar-refractivity contribution < 1.29 is 33.0 Å². The summed E-state index contributed by atoms with van der Waals surface area (Å²) in [5, 5.41) is 2.43. The number of esters is 2. The highest BCUT2D eigenvalue weighted by Gasteiger charge is 2.27. The normalized spacial score (nSPS) is 15.0. The molecule has 1 saturated heterocycles. The van der Waals surface area contributed by atoms with Gasteiger partial charge < -0.3 is 23.5 Å². The van der Waals surface area contributed by atoms with E-state index in [1.165, 1.54) is 29.8 Å². The molecule has 1 aliphatic heterocycles. The summed E-state index contributed by atoms with van der Waals surface area (Å²) >= 11 is 1.28. The van der Waals surface area contributed by atoms with Crippen molar-refractivity contribution in [2.24, 2.45) is 0 Å². The highest BCUT2D eigenvalue weighted by molar-refractivity contribution is 8.04. The van der Waals surface area contributed by atoms with Crippen molar-refractivity contribution in [3.05, 3.63) is 53.6 Å². The molecular formula is C23H21NO7S. The highest BCUT2D eigenvalue weighted by atomic mass is 32.2. The Bertz CT molecular complexity index is 1200. The van der Waals surface area contributed by atoms with Crippen molar-refractivity contribution >= 4 is 51.5 Å². The maximum Gasteiger partial charge on any atom is 0.344 e. The maximum absolute atomic E-state index is 12.0. The molecule has 0 atom stereocenters. The van der Waals surface area contributed by atoms with Crippen LogP contribution in [0.1, 0.15) is 6.42 Å². The number of methoxy groups -OCH3 is 1. The smallest absolute Gasteiger partial charge is 0.344 e. The van der Waals surface area contributed by atoms with Crippen molar-refractivity contribution in [1.29, 1.82) is 0 Å². The van der Waals surface area contributed by atoms with Gasteiger partial charge in [-0.1, -0.05) is 30.0 Å². The molecule has 0 saturated carbocycles. The second kappa shape index (κ2) is 9.78. The molecule has 0 N–H and O–H groups in total. The first kappa shape index (κ1) is 21.8. The van der Waals surface area contributed by atoms with Crippen molar-refractivity contribution in [2.75, 3.05) is 32.6 Å². The molecule has 0 unspecified atom stereocenters. The monoisotopic (exact) mass is 455 g/mol. The van der Waals surface area contributed by atoms with Crippen LogP contribution in [0.2, 0.25) is 0 Å². The Morgan fingerprint density at radius 3 is 2.81 bits per heavy atom. The zero-order chi connectivity index (χ0) is 22.5. The standard InChI is InChI=1S/C23H21NO7S/c1-28-22(26)12-21-24(20(25)14-32-21)9-4-10-29-23(27)13-30-15-7-8-19-17(11-15)16-5-2-3-6-18(16)31-19/h2-3,5-8,11-12H,4,9-10,13-14H2,1H3/b21-12+. The lowest BCUT2D eigenvalue weighted by molar-refractivity contribution is -0.146. The van der Waals surface area contributed by atoms with Crippen LogP contribution in [0.4, 0.5) is 0 Å². The molecule has 1 aliphatic rings. The van der Waals surface area contributed by atoms with Gasteiger partial charge in [0.15, 0.2) is 6.61 Å². The Labute approximate surface area is 188 Å². The van der Waals surface area contributed by atoms with Crippen LogP contribution in [0.3, 0.4) is 0 Å². The van der Waals surface area contributed by atoms with Gasteiger partial charge in [0.1, 0.15) is 16.9 Å². The predicted molar refractivity (Wildman–Crippen MR) is 119 cm³/mol. The lowest BCUT2D eigenvalue weighted by atomic mass is 10.1. The number of thioether (sulfide) groups is 1. The fourth-order valence-corrected chi connectivity index (χ4v) is 4.27. The Morgan fingerprint density at radius 1 is 1.16 bits per heavy atom. The number of furan rings is 1. The summed E-state index contributed by atoms with van der Waals surface area (Å²) < 4.78 is 21.1. The molecule has 1 aromatic heterocycles. The highest BCUT2D eigenvalue weighted by Crippen LogP contribution is 2.31. The Morgan fingerprint density at radius 2 is 1.97 bits per heavy atom. The summed E-state index contributed by atoms with van der Waals surface area (Å²) in [5.41, 5.74) is 1.54. The van der Waals surface area contributed by atoms with Gasteiger partial charge in [-0.05, 0) is 30.7 Å². The molecule has 4 rings (SSSR count). The average molecular weight is 455 g/mol. The fourth-order valence-electron chi connectivity index (χ4n) is 3.32. The van der Waals surface area contributed by atoms with E-state index in [0.29, 0.717) is 23.7 Å². The number of carbonyl (C=O) groups is 3. The van der Waals surface area contributed by atoms with Crippen LogP contribution >= 0.6 is 11.8 Å². The van der Waals surface area contributed by atoms with E-state index in [4.69, 9.17) is 13.9 Å². The van der Waals surface area contributed by atoms with Gasteiger partial charge in [-0.3, -0.25) is 4.79 Å². The van der Waals surface area contributed by atoms with E-state index in [0.717, 1.165) is 21.9 Å². The van der Waals surface area contributed by atoms with Gasteiger partial charge in [-0.15, -0.1) is 0 Å². The summed E-state index contributed by atoms with van der Waals surface area (Å²) in [6.07, 6.45) is 1.72. The summed E-state index contributed by atoms with van der Waals surface area (Å²) in [6.45, 7) is 0.244. The van der Waals surface area contributed by atoms with Crippen LogP contribution in [0.5, 0.6) is 5.75 Å². The van der Waals surface area contributed by atoms with Crippen molar-refractivity contribution in [3.8, 4) is 5.75 Å². The van der Waals surface area contributed by atoms with Gasteiger partial charge >= 0.3 is 11.9 Å². The average Bonchev–Trinajstić information content (AvgIpc) is 3.35. The zero-order valence-corrected chi connectivity index (χ0v) is 18.2. The van der Waals surface area contributed by atoms with Crippen molar-refractivity contribution in [2.45, 2.75) is 6.42 Å². The second-order valence-corrected chi connectivity index (χ2v) is 7.95. The van der Waals surface area contributed by atoms with Crippen LogP contribution in [0, 0.1) is 0 Å². The molecule has 9 heteroatoms. The topological polar surface area (TPSA) is 95.3 Å².